The van der Waals surface area contributed by atoms with Gasteiger partial charge in [0.2, 0.25) is 0 Å². The number of fused-ring (bicyclic) bond motifs is 2. The van der Waals surface area contributed by atoms with Crippen LogP contribution in [-0.2, 0) is 0 Å². The maximum Gasteiger partial charge on any atom is 0.155 e. The molecule has 4 nitrogen and oxygen atoms in total. The zero-order valence-electron chi connectivity index (χ0n) is 11.0. The maximum absolute atomic E-state index is 5.87. The van der Waals surface area contributed by atoms with Crippen molar-refractivity contribution in [3.8, 4) is 11.5 Å². The highest BCUT2D eigenvalue weighted by atomic mass is 16.3. The highest BCUT2D eigenvalue weighted by molar-refractivity contribution is 5.79. The SMILES string of the molecule is CCN=c1cc2oc3cc(N)ccc3nc-2cc1C. The molecule has 0 fully saturated rings. The van der Waals surface area contributed by atoms with Crippen LogP contribution in [-0.4, -0.2) is 11.5 Å². The Morgan fingerprint density at radius 3 is 2.89 bits per heavy atom. The number of aryl methyl sites for hydroxylation is 1. The first-order valence-corrected chi connectivity index (χ1v) is 6.28. The molecule has 0 spiro atoms. The van der Waals surface area contributed by atoms with Crippen molar-refractivity contribution in [2.45, 2.75) is 13.8 Å². The lowest BCUT2D eigenvalue weighted by Gasteiger charge is -2.08. The van der Waals surface area contributed by atoms with Crippen LogP contribution in [0.5, 0.6) is 0 Å². The highest BCUT2D eigenvalue weighted by Crippen LogP contribution is 2.25. The minimum absolute atomic E-state index is 0.669. The van der Waals surface area contributed by atoms with Gasteiger partial charge in [-0.05, 0) is 37.6 Å². The molecule has 4 heteroatoms. The standard InChI is InChI=1S/C15H15N3O/c1-3-17-12-8-15-13(6-9(12)2)18-11-5-4-10(16)7-14(11)19-15/h4-8H,3,16H2,1-2H3. The second-order valence-electron chi connectivity index (χ2n) is 4.52. The summed E-state index contributed by atoms with van der Waals surface area (Å²) in [6.07, 6.45) is 0. The van der Waals surface area contributed by atoms with Crippen molar-refractivity contribution in [3.63, 3.8) is 0 Å². The van der Waals surface area contributed by atoms with Gasteiger partial charge in [-0.15, -0.1) is 0 Å². The number of anilines is 1. The number of aromatic nitrogens is 1. The first kappa shape index (κ1) is 11.7. The van der Waals surface area contributed by atoms with Gasteiger partial charge in [0.1, 0.15) is 11.2 Å². The fourth-order valence-corrected chi connectivity index (χ4v) is 2.12. The number of hydrogen-bond donors (Lipinski definition) is 1. The van der Waals surface area contributed by atoms with Gasteiger partial charge in [0.05, 0.1) is 5.36 Å². The smallest absolute Gasteiger partial charge is 0.155 e. The first-order valence-electron chi connectivity index (χ1n) is 6.28. The molecule has 2 N–H and O–H groups in total. The number of hydrogen-bond acceptors (Lipinski definition) is 4. The van der Waals surface area contributed by atoms with E-state index in [4.69, 9.17) is 10.2 Å². The summed E-state index contributed by atoms with van der Waals surface area (Å²) < 4.78 is 5.87. The molecule has 1 aromatic carbocycles. The van der Waals surface area contributed by atoms with Gasteiger partial charge in [-0.1, -0.05) is 0 Å². The molecule has 1 aliphatic heterocycles. The third-order valence-electron chi connectivity index (χ3n) is 3.05. The molecule has 96 valence electrons. The number of benzene rings is 2. The summed E-state index contributed by atoms with van der Waals surface area (Å²) in [5.74, 6) is 0.732. The predicted molar refractivity (Wildman–Crippen MR) is 75.9 cm³/mol. The molecule has 0 amide bonds. The van der Waals surface area contributed by atoms with Gasteiger partial charge in [0, 0.05) is 24.4 Å². The van der Waals surface area contributed by atoms with Crippen LogP contribution in [0.3, 0.4) is 0 Å². The Labute approximate surface area is 111 Å². The van der Waals surface area contributed by atoms with Crippen LogP contribution in [0, 0.1) is 6.92 Å². The summed E-state index contributed by atoms with van der Waals surface area (Å²) in [5.41, 5.74) is 9.87. The van der Waals surface area contributed by atoms with Crippen molar-refractivity contribution >= 4 is 16.8 Å². The molecule has 1 heterocycles. The molecule has 0 unspecified atom stereocenters. The molecular weight excluding hydrogens is 238 g/mol. The Morgan fingerprint density at radius 2 is 2.11 bits per heavy atom. The lowest BCUT2D eigenvalue weighted by atomic mass is 10.1. The van der Waals surface area contributed by atoms with Crippen molar-refractivity contribution in [2.75, 3.05) is 12.3 Å². The van der Waals surface area contributed by atoms with Crippen molar-refractivity contribution in [2.24, 2.45) is 4.99 Å². The van der Waals surface area contributed by atoms with E-state index in [1.54, 1.807) is 6.07 Å². The number of nitrogens with zero attached hydrogens (tertiary/aromatic N) is 2. The van der Waals surface area contributed by atoms with Gasteiger partial charge in [-0.2, -0.15) is 0 Å². The van der Waals surface area contributed by atoms with Crippen LogP contribution >= 0.6 is 0 Å². The van der Waals surface area contributed by atoms with Crippen LogP contribution in [0.1, 0.15) is 12.5 Å². The largest absolute Gasteiger partial charge is 0.453 e. The van der Waals surface area contributed by atoms with Crippen LogP contribution < -0.4 is 11.1 Å². The summed E-state index contributed by atoms with van der Waals surface area (Å²) in [7, 11) is 0. The van der Waals surface area contributed by atoms with E-state index in [0.717, 1.165) is 34.4 Å². The third kappa shape index (κ3) is 2.05. The van der Waals surface area contributed by atoms with E-state index in [-0.39, 0.29) is 0 Å². The van der Waals surface area contributed by atoms with Crippen molar-refractivity contribution in [1.82, 2.24) is 4.98 Å². The molecule has 0 atom stereocenters. The van der Waals surface area contributed by atoms with Crippen LogP contribution in [0.15, 0.2) is 39.7 Å². The summed E-state index contributed by atoms with van der Waals surface area (Å²) in [4.78, 5) is 9.03. The molecule has 19 heavy (non-hydrogen) atoms. The Kier molecular flexibility index (Phi) is 2.71. The van der Waals surface area contributed by atoms with E-state index in [9.17, 15) is 0 Å². The van der Waals surface area contributed by atoms with E-state index >= 15 is 0 Å². The lowest BCUT2D eigenvalue weighted by molar-refractivity contribution is 0.612. The molecule has 1 aliphatic carbocycles. The fourth-order valence-electron chi connectivity index (χ4n) is 2.12. The monoisotopic (exact) mass is 253 g/mol. The van der Waals surface area contributed by atoms with Gasteiger partial charge in [-0.3, -0.25) is 4.99 Å². The minimum atomic E-state index is 0.669. The molecule has 0 radical (unpaired) electrons. The van der Waals surface area contributed by atoms with Crippen molar-refractivity contribution in [1.29, 1.82) is 0 Å². The zero-order chi connectivity index (χ0) is 13.4. The number of nitrogens with two attached hydrogens (primary N) is 1. The Hall–Kier alpha value is -2.36. The van der Waals surface area contributed by atoms with E-state index in [1.165, 1.54) is 0 Å². The normalized spacial score (nSPS) is 12.4. The van der Waals surface area contributed by atoms with Crippen molar-refractivity contribution < 1.29 is 4.42 Å². The van der Waals surface area contributed by atoms with E-state index in [2.05, 4.69) is 9.98 Å². The van der Waals surface area contributed by atoms with Gasteiger partial charge < -0.3 is 10.2 Å². The van der Waals surface area contributed by atoms with Crippen LogP contribution in [0.4, 0.5) is 5.69 Å². The molecule has 0 saturated carbocycles. The number of nitrogen functional groups attached to an aromatic ring is 1. The average Bonchev–Trinajstić information content (AvgIpc) is 2.38. The Morgan fingerprint density at radius 1 is 1.26 bits per heavy atom. The topological polar surface area (TPSA) is 64.4 Å². The van der Waals surface area contributed by atoms with E-state index < -0.39 is 0 Å². The van der Waals surface area contributed by atoms with Gasteiger partial charge in [0.25, 0.3) is 0 Å². The molecule has 1 aromatic rings. The molecular formula is C15H15N3O. The highest BCUT2D eigenvalue weighted by Gasteiger charge is 2.10. The minimum Gasteiger partial charge on any atom is -0.453 e. The lowest BCUT2D eigenvalue weighted by Crippen LogP contribution is -2.08. The second kappa shape index (κ2) is 4.39. The maximum atomic E-state index is 5.87. The third-order valence-corrected chi connectivity index (χ3v) is 3.05. The van der Waals surface area contributed by atoms with Gasteiger partial charge in [-0.25, -0.2) is 4.98 Å². The number of rotatable bonds is 1. The van der Waals surface area contributed by atoms with Crippen LogP contribution in [0.25, 0.3) is 22.6 Å². The van der Waals surface area contributed by atoms with E-state index in [0.29, 0.717) is 11.3 Å². The molecule has 0 saturated heterocycles. The predicted octanol–water partition coefficient (Wildman–Crippen LogP) is 2.74. The van der Waals surface area contributed by atoms with Crippen LogP contribution in [0.2, 0.25) is 0 Å². The molecule has 0 bridgehead atoms. The molecule has 0 aromatic heterocycles. The summed E-state index contributed by atoms with van der Waals surface area (Å²) >= 11 is 0. The summed E-state index contributed by atoms with van der Waals surface area (Å²) in [5, 5.41) is 0.948. The summed E-state index contributed by atoms with van der Waals surface area (Å²) in [6, 6.07) is 9.42. The quantitative estimate of drug-likeness (QED) is 0.535. The van der Waals surface area contributed by atoms with Crippen molar-refractivity contribution in [3.05, 3.63) is 41.3 Å². The molecule has 2 aliphatic rings. The molecule has 3 rings (SSSR count). The van der Waals surface area contributed by atoms with Gasteiger partial charge >= 0.3 is 0 Å². The van der Waals surface area contributed by atoms with Gasteiger partial charge in [0.15, 0.2) is 11.3 Å². The summed E-state index contributed by atoms with van der Waals surface area (Å²) in [6.45, 7) is 4.79. The Balaban J connectivity index is 2.37. The Bertz CT molecular complexity index is 789. The zero-order valence-corrected chi connectivity index (χ0v) is 11.0. The average molecular weight is 253 g/mol. The second-order valence-corrected chi connectivity index (χ2v) is 4.52. The fraction of sp³-hybridized carbons (Fsp3) is 0.200. The first-order chi connectivity index (χ1) is 9.17. The van der Waals surface area contributed by atoms with E-state index in [1.807, 2.05) is 38.1 Å².